The van der Waals surface area contributed by atoms with Crippen molar-refractivity contribution in [1.82, 2.24) is 9.55 Å². The van der Waals surface area contributed by atoms with Gasteiger partial charge < -0.3 is 29.8 Å². The number of aryl methyl sites for hydroxylation is 1. The quantitative estimate of drug-likeness (QED) is 0.345. The van der Waals surface area contributed by atoms with Gasteiger partial charge in [0.05, 0.1) is 13.7 Å². The number of aromatic nitrogens is 3. The molecule has 4 atom stereocenters. The van der Waals surface area contributed by atoms with Gasteiger partial charge in [-0.3, -0.25) is 9.09 Å². The molecule has 11 nitrogen and oxygen atoms in total. The van der Waals surface area contributed by atoms with Gasteiger partial charge in [-0.2, -0.15) is 0 Å². The van der Waals surface area contributed by atoms with Crippen LogP contribution in [0.2, 0.25) is 0 Å². The topological polar surface area (TPSA) is 161 Å². The first-order chi connectivity index (χ1) is 11.2. The second kappa shape index (κ2) is 6.05. The largest absolute Gasteiger partial charge is 0.870 e. The van der Waals surface area contributed by atoms with E-state index in [0.717, 1.165) is 0 Å². The number of phosphoric ester groups is 1. The van der Waals surface area contributed by atoms with Crippen molar-refractivity contribution in [2.75, 3.05) is 6.61 Å². The zero-order valence-corrected chi connectivity index (χ0v) is 13.4. The molecule has 2 aromatic rings. The number of imidazole rings is 1. The fourth-order valence-electron chi connectivity index (χ4n) is 2.70. The summed E-state index contributed by atoms with van der Waals surface area (Å²) in [4.78, 5) is 21.5. The van der Waals surface area contributed by atoms with Crippen molar-refractivity contribution in [1.29, 1.82) is 0 Å². The molecule has 0 spiro atoms. The second-order valence-electron chi connectivity index (χ2n) is 5.45. The summed E-state index contributed by atoms with van der Waals surface area (Å²) in [5.74, 6) is -0.268. The number of pyridine rings is 1. The van der Waals surface area contributed by atoms with Crippen molar-refractivity contribution in [3.05, 3.63) is 18.6 Å². The Morgan fingerprint density at radius 1 is 1.46 bits per heavy atom. The predicted octanol–water partition coefficient (Wildman–Crippen LogP) is -2.34. The predicted molar refractivity (Wildman–Crippen MR) is 74.3 cm³/mol. The number of ether oxygens (including phenoxy) is 1. The Labute approximate surface area is 135 Å². The van der Waals surface area contributed by atoms with Crippen LogP contribution < -0.4 is 9.67 Å². The van der Waals surface area contributed by atoms with Crippen LogP contribution in [-0.2, 0) is 20.9 Å². The number of nitrogens with zero attached hydrogens (tertiary/aromatic N) is 3. The summed E-state index contributed by atoms with van der Waals surface area (Å²) in [6.45, 7) is -0.607. The molecule has 0 aliphatic carbocycles. The van der Waals surface area contributed by atoms with Gasteiger partial charge in [0.1, 0.15) is 24.5 Å². The Kier molecular flexibility index (Phi) is 4.34. The summed E-state index contributed by atoms with van der Waals surface area (Å²) in [6.07, 6.45) is -2.29. The minimum atomic E-state index is -4.74. The van der Waals surface area contributed by atoms with E-state index in [1.165, 1.54) is 27.7 Å². The molecule has 0 unspecified atom stereocenters. The summed E-state index contributed by atoms with van der Waals surface area (Å²) in [6, 6.07) is 1.30. The van der Waals surface area contributed by atoms with Crippen molar-refractivity contribution in [2.24, 2.45) is 7.05 Å². The van der Waals surface area contributed by atoms with Crippen LogP contribution in [0, 0.1) is 0 Å². The molecule has 0 saturated carbocycles. The van der Waals surface area contributed by atoms with Crippen LogP contribution in [0.5, 0.6) is 5.75 Å². The molecule has 2 aromatic heterocycles. The summed E-state index contributed by atoms with van der Waals surface area (Å²) in [5.41, 5.74) is 0.538. The number of fused-ring (bicyclic) bond motifs is 1. The number of aliphatic hydroxyl groups is 2. The molecule has 0 amide bonds. The fourth-order valence-corrected chi connectivity index (χ4v) is 3.04. The van der Waals surface area contributed by atoms with Gasteiger partial charge in [0, 0.05) is 0 Å². The van der Waals surface area contributed by atoms with Gasteiger partial charge in [-0.25, -0.2) is 9.13 Å². The van der Waals surface area contributed by atoms with E-state index in [2.05, 4.69) is 9.51 Å². The maximum atomic E-state index is 11.9. The van der Waals surface area contributed by atoms with Gasteiger partial charge in [0.2, 0.25) is 6.23 Å². The van der Waals surface area contributed by atoms with Gasteiger partial charge in [-0.05, 0) is 6.07 Å². The molecule has 0 bridgehead atoms. The molecule has 0 aromatic carbocycles. The normalized spacial score (nSPS) is 27.9. The van der Waals surface area contributed by atoms with Gasteiger partial charge in [0.15, 0.2) is 11.8 Å². The van der Waals surface area contributed by atoms with Crippen LogP contribution in [-0.4, -0.2) is 54.5 Å². The Balaban J connectivity index is 1.90. The van der Waals surface area contributed by atoms with Crippen LogP contribution in [0.4, 0.5) is 0 Å². The van der Waals surface area contributed by atoms with E-state index in [1.54, 1.807) is 7.05 Å². The van der Waals surface area contributed by atoms with Crippen LogP contribution in [0.3, 0.4) is 0 Å². The first kappa shape index (κ1) is 17.2. The molecule has 1 fully saturated rings. The van der Waals surface area contributed by atoms with Crippen LogP contribution in [0.15, 0.2) is 18.6 Å². The highest BCUT2D eigenvalue weighted by Crippen LogP contribution is 2.37. The zero-order valence-electron chi connectivity index (χ0n) is 12.5. The third-order valence-electron chi connectivity index (χ3n) is 3.78. The van der Waals surface area contributed by atoms with Gasteiger partial charge in [-0.1, -0.05) is 5.75 Å². The van der Waals surface area contributed by atoms with Gasteiger partial charge >= 0.3 is 13.5 Å². The number of aliphatic hydroxyl groups excluding tert-OH is 2. The van der Waals surface area contributed by atoms with Crippen molar-refractivity contribution in [3.63, 3.8) is 0 Å². The Hall–Kier alpha value is -1.59. The van der Waals surface area contributed by atoms with Crippen LogP contribution in [0.25, 0.3) is 11.2 Å². The molecule has 0 radical (unpaired) electrons. The third kappa shape index (κ3) is 3.03. The monoisotopic (exact) mass is 361 g/mol. The number of hydrogen-bond donors (Lipinski definition) is 4. The highest BCUT2D eigenvalue weighted by molar-refractivity contribution is 7.46. The van der Waals surface area contributed by atoms with Crippen LogP contribution in [0.1, 0.15) is 6.23 Å². The lowest BCUT2D eigenvalue weighted by Gasteiger charge is -2.14. The molecule has 1 saturated heterocycles. The summed E-state index contributed by atoms with van der Waals surface area (Å²) in [7, 11) is -3.12. The average molecular weight is 361 g/mol. The molecule has 3 rings (SSSR count). The highest BCUT2D eigenvalue weighted by atomic mass is 31.2. The van der Waals surface area contributed by atoms with E-state index < -0.39 is 39.0 Å². The average Bonchev–Trinajstić information content (AvgIpc) is 2.96. The van der Waals surface area contributed by atoms with Crippen molar-refractivity contribution < 1.29 is 43.5 Å². The first-order valence-electron chi connectivity index (χ1n) is 6.93. The smallest absolute Gasteiger partial charge is 0.469 e. The van der Waals surface area contributed by atoms with E-state index in [1.807, 2.05) is 0 Å². The molecule has 1 aliphatic rings. The van der Waals surface area contributed by atoms with E-state index in [4.69, 9.17) is 14.5 Å². The fraction of sp³-hybridized carbons (Fsp3) is 0.500. The standard InChI is InChI=1S/C12H16N3O8P/c1-14-5-15(11-8(14)6(16)2-3-13-11)12-10(18)9(17)7(23-12)4-22-24(19,20)21/h2-3,5,7,9-10,12,17-18H,4H2,1H3,(H2-,13,16,19,20,21)/t7-,9-,10-,12-/m1/s1. The van der Waals surface area contributed by atoms with E-state index >= 15 is 0 Å². The molecule has 132 valence electrons. The first-order valence-corrected chi connectivity index (χ1v) is 8.46. The van der Waals surface area contributed by atoms with E-state index in [-0.39, 0.29) is 16.9 Å². The Morgan fingerprint density at radius 2 is 2.17 bits per heavy atom. The molecule has 24 heavy (non-hydrogen) atoms. The van der Waals surface area contributed by atoms with Gasteiger partial charge in [-0.15, -0.1) is 4.98 Å². The second-order valence-corrected chi connectivity index (χ2v) is 6.69. The third-order valence-corrected chi connectivity index (χ3v) is 4.27. The lowest BCUT2D eigenvalue weighted by Crippen LogP contribution is -2.45. The maximum Gasteiger partial charge on any atom is 0.469 e. The van der Waals surface area contributed by atoms with Crippen molar-refractivity contribution in [3.8, 4) is 5.75 Å². The highest BCUT2D eigenvalue weighted by Gasteiger charge is 2.47. The Bertz CT molecular complexity index is 805. The number of phosphoric acid groups is 1. The molecule has 4 N–H and O–H groups in total. The number of hydrogen-bond acceptors (Lipinski definition) is 7. The van der Waals surface area contributed by atoms with Crippen molar-refractivity contribution in [2.45, 2.75) is 24.5 Å². The molecular formula is C12H16N3O8P. The minimum absolute atomic E-state index is 0.248. The maximum absolute atomic E-state index is 11.9. The minimum Gasteiger partial charge on any atom is -0.870 e. The summed E-state index contributed by atoms with van der Waals surface area (Å²) < 4.78 is 23.4. The van der Waals surface area contributed by atoms with Crippen LogP contribution >= 0.6 is 7.82 Å². The molecular weight excluding hydrogens is 345 g/mol. The summed E-state index contributed by atoms with van der Waals surface area (Å²) in [5, 5.41) is 32.1. The van der Waals surface area contributed by atoms with Crippen molar-refractivity contribution >= 4 is 19.0 Å². The SMILES string of the molecule is Cn1c[n+]([C@@H]2O[C@H](COP(=O)(O)O)[C@@H](O)[C@H]2O)c2nccc([O-])c21. The molecule has 3 heterocycles. The zero-order chi connectivity index (χ0) is 17.6. The van der Waals surface area contributed by atoms with E-state index in [9.17, 15) is 19.9 Å². The lowest BCUT2D eigenvalue weighted by atomic mass is 10.1. The van der Waals surface area contributed by atoms with Gasteiger partial charge in [0.25, 0.3) is 0 Å². The number of rotatable bonds is 4. The Morgan fingerprint density at radius 3 is 2.83 bits per heavy atom. The lowest BCUT2D eigenvalue weighted by molar-refractivity contribution is -0.745. The molecule has 1 aliphatic heterocycles. The molecule has 12 heteroatoms. The van der Waals surface area contributed by atoms with E-state index in [0.29, 0.717) is 0 Å². The summed E-state index contributed by atoms with van der Waals surface area (Å²) >= 11 is 0.